The summed E-state index contributed by atoms with van der Waals surface area (Å²) in [4.78, 5) is 14.9. The van der Waals surface area contributed by atoms with E-state index in [1.807, 2.05) is 61.2 Å². The van der Waals surface area contributed by atoms with E-state index in [1.54, 1.807) is 0 Å². The van der Waals surface area contributed by atoms with E-state index in [0.29, 0.717) is 30.5 Å². The summed E-state index contributed by atoms with van der Waals surface area (Å²) in [7, 11) is 0. The molecule has 1 aliphatic rings. The summed E-state index contributed by atoms with van der Waals surface area (Å²) in [6.07, 6.45) is -0.156. The number of carbonyl (C=O) groups excluding carboxylic acids is 1. The van der Waals surface area contributed by atoms with E-state index >= 15 is 0 Å². The van der Waals surface area contributed by atoms with Gasteiger partial charge in [-0.05, 0) is 37.1 Å². The summed E-state index contributed by atoms with van der Waals surface area (Å²) in [6.45, 7) is 5.48. The average molecular weight is 370 g/mol. The number of para-hydroxylation sites is 1. The van der Waals surface area contributed by atoms with Crippen molar-refractivity contribution in [2.75, 3.05) is 19.7 Å². The second-order valence-electron chi connectivity index (χ2n) is 6.67. The Morgan fingerprint density at radius 3 is 2.65 bits per heavy atom. The number of morpholine rings is 1. The fraction of sp³-hybridized carbons (Fsp3) is 0.286. The Bertz CT molecular complexity index is 961. The van der Waals surface area contributed by atoms with Crippen molar-refractivity contribution < 1.29 is 13.9 Å². The quantitative estimate of drug-likeness (QED) is 0.644. The molecule has 0 unspecified atom stereocenters. The number of amides is 1. The van der Waals surface area contributed by atoms with Gasteiger partial charge in [0.1, 0.15) is 11.7 Å². The van der Waals surface area contributed by atoms with Crippen LogP contribution in [0.1, 0.15) is 33.3 Å². The molecular weight excluding hydrogens is 350 g/mol. The molecule has 2 heterocycles. The Kier molecular flexibility index (Phi) is 4.47. The van der Waals surface area contributed by atoms with Gasteiger partial charge in [-0.25, -0.2) is 0 Å². The smallest absolute Gasteiger partial charge is 0.290 e. The SMILES string of the molecule is Cc1c(C(=O)N2CCO[C@@H](c3ccc(Cl)cc3)C2)oc2c(C)cccc12. The summed E-state index contributed by atoms with van der Waals surface area (Å²) < 4.78 is 11.8. The van der Waals surface area contributed by atoms with Gasteiger partial charge in [0.2, 0.25) is 0 Å². The minimum atomic E-state index is -0.156. The summed E-state index contributed by atoms with van der Waals surface area (Å²) in [5.74, 6) is 0.339. The zero-order chi connectivity index (χ0) is 18.3. The Balaban J connectivity index is 1.61. The van der Waals surface area contributed by atoms with Crippen molar-refractivity contribution in [1.29, 1.82) is 0 Å². The second kappa shape index (κ2) is 6.78. The first kappa shape index (κ1) is 17.1. The number of rotatable bonds is 2. The van der Waals surface area contributed by atoms with Crippen LogP contribution in [-0.2, 0) is 4.74 Å². The van der Waals surface area contributed by atoms with Crippen molar-refractivity contribution in [1.82, 2.24) is 4.90 Å². The van der Waals surface area contributed by atoms with E-state index in [9.17, 15) is 4.79 Å². The molecule has 0 spiro atoms. The molecule has 0 bridgehead atoms. The van der Waals surface area contributed by atoms with Gasteiger partial charge < -0.3 is 14.1 Å². The highest BCUT2D eigenvalue weighted by Crippen LogP contribution is 2.30. The molecule has 1 aliphatic heterocycles. The zero-order valence-electron chi connectivity index (χ0n) is 14.8. The second-order valence-corrected chi connectivity index (χ2v) is 7.11. The van der Waals surface area contributed by atoms with Gasteiger partial charge in [-0.2, -0.15) is 0 Å². The Hall–Kier alpha value is -2.30. The van der Waals surface area contributed by atoms with Crippen LogP contribution in [0.3, 0.4) is 0 Å². The van der Waals surface area contributed by atoms with E-state index in [0.717, 1.165) is 27.7 Å². The van der Waals surface area contributed by atoms with Crippen LogP contribution in [-0.4, -0.2) is 30.5 Å². The number of nitrogens with zero attached hydrogens (tertiary/aromatic N) is 1. The van der Waals surface area contributed by atoms with Gasteiger partial charge in [0.25, 0.3) is 5.91 Å². The maximum Gasteiger partial charge on any atom is 0.290 e. The molecular formula is C21H20ClNO3. The molecule has 134 valence electrons. The maximum absolute atomic E-state index is 13.1. The third kappa shape index (κ3) is 3.00. The fourth-order valence-electron chi connectivity index (χ4n) is 3.44. The van der Waals surface area contributed by atoms with Gasteiger partial charge in [-0.15, -0.1) is 0 Å². The first-order valence-electron chi connectivity index (χ1n) is 8.69. The van der Waals surface area contributed by atoms with Gasteiger partial charge in [0.15, 0.2) is 5.76 Å². The highest BCUT2D eigenvalue weighted by atomic mass is 35.5. The van der Waals surface area contributed by atoms with Crippen LogP contribution < -0.4 is 0 Å². The molecule has 1 saturated heterocycles. The zero-order valence-corrected chi connectivity index (χ0v) is 15.5. The van der Waals surface area contributed by atoms with Crippen LogP contribution in [0.25, 0.3) is 11.0 Å². The average Bonchev–Trinajstić information content (AvgIpc) is 3.00. The molecule has 1 fully saturated rings. The van der Waals surface area contributed by atoms with E-state index < -0.39 is 0 Å². The normalized spacial score (nSPS) is 17.7. The molecule has 0 N–H and O–H groups in total. The van der Waals surface area contributed by atoms with E-state index in [1.165, 1.54) is 0 Å². The first-order valence-corrected chi connectivity index (χ1v) is 9.07. The summed E-state index contributed by atoms with van der Waals surface area (Å²) in [6, 6.07) is 13.5. The maximum atomic E-state index is 13.1. The lowest BCUT2D eigenvalue weighted by Gasteiger charge is -2.32. The minimum absolute atomic E-state index is 0.0830. The molecule has 1 amide bonds. The Morgan fingerprint density at radius 1 is 1.15 bits per heavy atom. The number of fused-ring (bicyclic) bond motifs is 1. The highest BCUT2D eigenvalue weighted by Gasteiger charge is 2.29. The number of benzene rings is 2. The molecule has 4 rings (SSSR count). The number of halogens is 1. The Labute approximate surface area is 157 Å². The molecule has 4 nitrogen and oxygen atoms in total. The van der Waals surface area contributed by atoms with Crippen molar-refractivity contribution in [3.63, 3.8) is 0 Å². The van der Waals surface area contributed by atoms with E-state index in [2.05, 4.69) is 0 Å². The van der Waals surface area contributed by atoms with Crippen molar-refractivity contribution in [3.8, 4) is 0 Å². The summed E-state index contributed by atoms with van der Waals surface area (Å²) in [5.41, 5.74) is 3.73. The molecule has 0 radical (unpaired) electrons. The fourth-order valence-corrected chi connectivity index (χ4v) is 3.57. The van der Waals surface area contributed by atoms with Gasteiger partial charge in [-0.1, -0.05) is 41.9 Å². The standard InChI is InChI=1S/C21H20ClNO3/c1-13-4-3-5-17-14(2)20(26-19(13)17)21(24)23-10-11-25-18(12-23)15-6-8-16(22)9-7-15/h3-9,18H,10-12H2,1-2H3/t18-/m1/s1. The number of carbonyl (C=O) groups is 1. The third-order valence-electron chi connectivity index (χ3n) is 4.95. The van der Waals surface area contributed by atoms with Gasteiger partial charge >= 0.3 is 0 Å². The third-order valence-corrected chi connectivity index (χ3v) is 5.20. The van der Waals surface area contributed by atoms with Crippen LogP contribution in [0, 0.1) is 13.8 Å². The van der Waals surface area contributed by atoms with Crippen LogP contribution >= 0.6 is 11.6 Å². The lowest BCUT2D eigenvalue weighted by Crippen LogP contribution is -2.42. The molecule has 26 heavy (non-hydrogen) atoms. The monoisotopic (exact) mass is 369 g/mol. The van der Waals surface area contributed by atoms with Crippen LogP contribution in [0.4, 0.5) is 0 Å². The lowest BCUT2D eigenvalue weighted by atomic mass is 10.1. The summed E-state index contributed by atoms with van der Waals surface area (Å²) in [5, 5.41) is 1.68. The number of furan rings is 1. The van der Waals surface area contributed by atoms with Crippen LogP contribution in [0.5, 0.6) is 0 Å². The highest BCUT2D eigenvalue weighted by molar-refractivity contribution is 6.30. The Morgan fingerprint density at radius 2 is 1.92 bits per heavy atom. The van der Waals surface area contributed by atoms with Crippen molar-refractivity contribution in [2.45, 2.75) is 20.0 Å². The number of hydrogen-bond donors (Lipinski definition) is 0. The molecule has 0 saturated carbocycles. The molecule has 1 atom stereocenters. The van der Waals surface area contributed by atoms with Gasteiger partial charge in [0, 0.05) is 22.5 Å². The number of hydrogen-bond acceptors (Lipinski definition) is 3. The van der Waals surface area contributed by atoms with Crippen molar-refractivity contribution in [3.05, 3.63) is 69.9 Å². The van der Waals surface area contributed by atoms with Crippen LogP contribution in [0.2, 0.25) is 5.02 Å². The van der Waals surface area contributed by atoms with Gasteiger partial charge in [0.05, 0.1) is 13.2 Å². The molecule has 1 aromatic heterocycles. The first-order chi connectivity index (χ1) is 12.5. The largest absolute Gasteiger partial charge is 0.450 e. The van der Waals surface area contributed by atoms with Crippen molar-refractivity contribution >= 4 is 28.5 Å². The van der Waals surface area contributed by atoms with Crippen LogP contribution in [0.15, 0.2) is 46.9 Å². The molecule has 2 aromatic carbocycles. The molecule has 3 aromatic rings. The lowest BCUT2D eigenvalue weighted by molar-refractivity contribution is -0.0237. The van der Waals surface area contributed by atoms with E-state index in [-0.39, 0.29) is 12.0 Å². The molecule has 0 aliphatic carbocycles. The molecule has 5 heteroatoms. The van der Waals surface area contributed by atoms with Gasteiger partial charge in [-0.3, -0.25) is 4.79 Å². The van der Waals surface area contributed by atoms with Crippen molar-refractivity contribution in [2.24, 2.45) is 0 Å². The predicted octanol–water partition coefficient (Wildman–Crippen LogP) is 4.92. The number of ether oxygens (including phenoxy) is 1. The number of aryl methyl sites for hydroxylation is 2. The minimum Gasteiger partial charge on any atom is -0.450 e. The summed E-state index contributed by atoms with van der Waals surface area (Å²) >= 11 is 5.96. The predicted molar refractivity (Wildman–Crippen MR) is 102 cm³/mol. The topological polar surface area (TPSA) is 42.7 Å². The van der Waals surface area contributed by atoms with E-state index in [4.69, 9.17) is 20.8 Å².